The van der Waals surface area contributed by atoms with E-state index in [0.717, 1.165) is 27.6 Å². The highest BCUT2D eigenvalue weighted by Gasteiger charge is 2.30. The van der Waals surface area contributed by atoms with Gasteiger partial charge in [-0.25, -0.2) is 4.79 Å². The van der Waals surface area contributed by atoms with E-state index in [4.69, 9.17) is 9.47 Å². The number of H-pyrrole nitrogens is 1. The largest absolute Gasteiger partial charge is 0.496 e. The third kappa shape index (κ3) is 7.40. The number of hydrogen-bond donors (Lipinski definition) is 2. The molecule has 0 spiro atoms. The van der Waals surface area contributed by atoms with Crippen LogP contribution < -0.4 is 10.1 Å². The van der Waals surface area contributed by atoms with E-state index < -0.39 is 30.4 Å². The monoisotopic (exact) mass is 538 g/mol. The number of carbonyl (C=O) groups is 2. The van der Waals surface area contributed by atoms with Gasteiger partial charge in [0, 0.05) is 42.0 Å². The average molecular weight is 539 g/mol. The second-order valence-corrected chi connectivity index (χ2v) is 9.47. The number of benzene rings is 3. The Morgan fingerprint density at radius 1 is 0.974 bits per heavy atom. The van der Waals surface area contributed by atoms with Gasteiger partial charge in [-0.15, -0.1) is 0 Å². The minimum atomic E-state index is -4.27. The molecule has 0 aliphatic heterocycles. The van der Waals surface area contributed by atoms with E-state index >= 15 is 0 Å². The summed E-state index contributed by atoms with van der Waals surface area (Å²) >= 11 is 0. The number of aromatic amines is 1. The second-order valence-electron chi connectivity index (χ2n) is 9.47. The Labute approximate surface area is 224 Å². The molecule has 0 aliphatic carbocycles. The van der Waals surface area contributed by atoms with E-state index in [1.54, 1.807) is 36.4 Å². The molecule has 6 nitrogen and oxygen atoms in total. The number of halogens is 3. The molecule has 1 aromatic heterocycles. The van der Waals surface area contributed by atoms with Gasteiger partial charge in [-0.2, -0.15) is 13.2 Å². The fourth-order valence-corrected chi connectivity index (χ4v) is 4.33. The van der Waals surface area contributed by atoms with E-state index in [2.05, 4.69) is 10.3 Å². The molecule has 0 radical (unpaired) electrons. The van der Waals surface area contributed by atoms with E-state index in [-0.39, 0.29) is 13.2 Å². The lowest BCUT2D eigenvalue weighted by molar-refractivity contribution is -0.142. The van der Waals surface area contributed by atoms with Crippen LogP contribution in [0.25, 0.3) is 10.9 Å². The number of esters is 1. The fourth-order valence-electron chi connectivity index (χ4n) is 4.33. The third-order valence-corrected chi connectivity index (χ3v) is 6.34. The van der Waals surface area contributed by atoms with Crippen LogP contribution >= 0.6 is 0 Å². The molecular weight excluding hydrogens is 509 g/mol. The molecule has 0 bridgehead atoms. The Kier molecular flexibility index (Phi) is 8.59. The zero-order valence-corrected chi connectivity index (χ0v) is 21.6. The Morgan fingerprint density at radius 3 is 2.44 bits per heavy atom. The zero-order chi connectivity index (χ0) is 28.0. The van der Waals surface area contributed by atoms with Crippen LogP contribution in [0, 0.1) is 5.92 Å². The van der Waals surface area contributed by atoms with E-state index in [0.29, 0.717) is 23.3 Å². The summed E-state index contributed by atoms with van der Waals surface area (Å²) < 4.78 is 48.7. The van der Waals surface area contributed by atoms with Gasteiger partial charge >= 0.3 is 12.1 Å². The quantitative estimate of drug-likeness (QED) is 0.228. The van der Waals surface area contributed by atoms with Gasteiger partial charge < -0.3 is 19.8 Å². The number of rotatable bonds is 10. The molecule has 1 unspecified atom stereocenters. The van der Waals surface area contributed by atoms with Crippen LogP contribution in [-0.4, -0.2) is 36.7 Å². The van der Waals surface area contributed by atoms with Gasteiger partial charge in [0.1, 0.15) is 12.4 Å². The molecule has 4 aromatic rings. The smallest absolute Gasteiger partial charge is 0.389 e. The number of methoxy groups -OCH3 is 1. The molecule has 2 N–H and O–H groups in total. The Balaban J connectivity index is 1.46. The Bertz CT molecular complexity index is 1450. The van der Waals surface area contributed by atoms with Gasteiger partial charge in [0.2, 0.25) is 0 Å². The average Bonchev–Trinajstić information content (AvgIpc) is 3.32. The van der Waals surface area contributed by atoms with E-state index in [1.165, 1.54) is 14.0 Å². The molecule has 0 saturated heterocycles. The predicted molar refractivity (Wildman–Crippen MR) is 142 cm³/mol. The van der Waals surface area contributed by atoms with E-state index in [9.17, 15) is 22.8 Å². The summed E-state index contributed by atoms with van der Waals surface area (Å²) in [6, 6.07) is 19.6. The molecule has 39 heavy (non-hydrogen) atoms. The van der Waals surface area contributed by atoms with Gasteiger partial charge in [-0.1, -0.05) is 43.3 Å². The highest BCUT2D eigenvalue weighted by atomic mass is 19.4. The Hall–Kier alpha value is -4.27. The summed E-state index contributed by atoms with van der Waals surface area (Å²) in [5.41, 5.74) is 4.14. The first-order valence-corrected chi connectivity index (χ1v) is 12.5. The van der Waals surface area contributed by atoms with Gasteiger partial charge in [0.05, 0.1) is 12.7 Å². The lowest BCUT2D eigenvalue weighted by Gasteiger charge is -2.14. The molecule has 204 valence electrons. The molecule has 9 heteroatoms. The van der Waals surface area contributed by atoms with Crippen molar-refractivity contribution in [1.29, 1.82) is 0 Å². The highest BCUT2D eigenvalue weighted by molar-refractivity contribution is 5.99. The lowest BCUT2D eigenvalue weighted by Crippen LogP contribution is -2.30. The number of alkyl halides is 3. The van der Waals surface area contributed by atoms with Crippen LogP contribution in [0.3, 0.4) is 0 Å². The standard InChI is InChI=1S/C30H29F3N2O4/c1-19(15-30(31,32)33)16-35-28(36)22-10-11-26-25(13-22)24(17-34-26)12-21-8-9-23(14-27(21)38-2)29(37)39-18-20-6-4-3-5-7-20/h3-11,13-14,17,19,34H,12,15-16,18H2,1-2H3,(H,35,36). The second kappa shape index (κ2) is 12.1. The van der Waals surface area contributed by atoms with Crippen LogP contribution in [0.4, 0.5) is 13.2 Å². The summed E-state index contributed by atoms with van der Waals surface area (Å²) in [6.45, 7) is 1.53. The van der Waals surface area contributed by atoms with Crippen molar-refractivity contribution in [1.82, 2.24) is 10.3 Å². The predicted octanol–water partition coefficient (Wildman–Crippen LogP) is 6.44. The SMILES string of the molecule is COc1cc(C(=O)OCc2ccccc2)ccc1Cc1c[nH]c2ccc(C(=O)NCC(C)CC(F)(F)F)cc12. The molecule has 0 fully saturated rings. The molecular formula is C30H29F3N2O4. The van der Waals surface area contributed by atoms with Crippen molar-refractivity contribution in [2.75, 3.05) is 13.7 Å². The number of amides is 1. The number of ether oxygens (including phenoxy) is 2. The summed E-state index contributed by atoms with van der Waals surface area (Å²) in [5, 5.41) is 3.40. The van der Waals surface area contributed by atoms with Crippen LogP contribution in [0.2, 0.25) is 0 Å². The van der Waals surface area contributed by atoms with Gasteiger partial charge in [0.25, 0.3) is 5.91 Å². The first-order valence-electron chi connectivity index (χ1n) is 12.5. The number of carbonyl (C=O) groups excluding carboxylic acids is 2. The van der Waals surface area contributed by atoms with Crippen LogP contribution in [0.5, 0.6) is 5.75 Å². The van der Waals surface area contributed by atoms with Gasteiger partial charge in [0.15, 0.2) is 0 Å². The lowest BCUT2D eigenvalue weighted by atomic mass is 10.0. The van der Waals surface area contributed by atoms with Crippen LogP contribution in [0.1, 0.15) is 50.8 Å². The first-order chi connectivity index (χ1) is 18.6. The molecule has 0 aliphatic rings. The fraction of sp³-hybridized carbons (Fsp3) is 0.267. The first kappa shape index (κ1) is 27.8. The molecule has 1 atom stereocenters. The topological polar surface area (TPSA) is 80.4 Å². The van der Waals surface area contributed by atoms with Crippen LogP contribution in [-0.2, 0) is 17.8 Å². The van der Waals surface area contributed by atoms with Crippen molar-refractivity contribution < 1.29 is 32.2 Å². The summed E-state index contributed by atoms with van der Waals surface area (Å²) in [5.74, 6) is -1.11. The van der Waals surface area contributed by atoms with Crippen molar-refractivity contribution in [3.8, 4) is 5.75 Å². The van der Waals surface area contributed by atoms with Crippen molar-refractivity contribution in [2.24, 2.45) is 5.92 Å². The molecule has 4 rings (SSSR count). The van der Waals surface area contributed by atoms with Crippen molar-refractivity contribution in [3.05, 3.63) is 101 Å². The number of nitrogens with one attached hydrogen (secondary N) is 2. The van der Waals surface area contributed by atoms with E-state index in [1.807, 2.05) is 36.5 Å². The molecule has 3 aromatic carbocycles. The highest BCUT2D eigenvalue weighted by Crippen LogP contribution is 2.28. The van der Waals surface area contributed by atoms with Gasteiger partial charge in [-0.05, 0) is 52.9 Å². The summed E-state index contributed by atoms with van der Waals surface area (Å²) in [4.78, 5) is 28.4. The molecule has 0 saturated carbocycles. The van der Waals surface area contributed by atoms with Crippen molar-refractivity contribution in [2.45, 2.75) is 32.5 Å². The third-order valence-electron chi connectivity index (χ3n) is 6.34. The number of hydrogen-bond acceptors (Lipinski definition) is 4. The maximum absolute atomic E-state index is 12.6. The maximum Gasteiger partial charge on any atom is 0.389 e. The number of aromatic nitrogens is 1. The van der Waals surface area contributed by atoms with Gasteiger partial charge in [-0.3, -0.25) is 4.79 Å². The normalized spacial score (nSPS) is 12.2. The summed E-state index contributed by atoms with van der Waals surface area (Å²) in [7, 11) is 1.52. The molecule has 1 amide bonds. The summed E-state index contributed by atoms with van der Waals surface area (Å²) in [6.07, 6.45) is -2.94. The number of fused-ring (bicyclic) bond motifs is 1. The minimum Gasteiger partial charge on any atom is -0.496 e. The zero-order valence-electron chi connectivity index (χ0n) is 21.6. The van der Waals surface area contributed by atoms with Crippen LogP contribution in [0.15, 0.2) is 72.9 Å². The van der Waals surface area contributed by atoms with Crippen molar-refractivity contribution >= 4 is 22.8 Å². The minimum absolute atomic E-state index is 0.0757. The molecule has 1 heterocycles. The maximum atomic E-state index is 12.6. The van der Waals surface area contributed by atoms with Crippen molar-refractivity contribution in [3.63, 3.8) is 0 Å². The Morgan fingerprint density at radius 2 is 1.72 bits per heavy atom.